The summed E-state index contributed by atoms with van der Waals surface area (Å²) in [6.45, 7) is 6.72. The van der Waals surface area contributed by atoms with Gasteiger partial charge < -0.3 is 9.47 Å². The van der Waals surface area contributed by atoms with Crippen molar-refractivity contribution in [2.24, 2.45) is 0 Å². The molecule has 0 atom stereocenters. The highest BCUT2D eigenvalue weighted by Crippen LogP contribution is 2.44. The summed E-state index contributed by atoms with van der Waals surface area (Å²) in [6.07, 6.45) is 0. The Hall–Kier alpha value is -2.67. The largest absolute Gasteiger partial charge is 0.497 e. The average Bonchev–Trinajstić information content (AvgIpc) is 2.77. The van der Waals surface area contributed by atoms with Crippen LogP contribution < -0.4 is 9.47 Å². The van der Waals surface area contributed by atoms with E-state index < -0.39 is 12.9 Å². The predicted molar refractivity (Wildman–Crippen MR) is 128 cm³/mol. The molecule has 0 unspecified atom stereocenters. The highest BCUT2D eigenvalue weighted by atomic mass is 35.5. The van der Waals surface area contributed by atoms with Gasteiger partial charge in [0.15, 0.2) is 0 Å². The zero-order valence-corrected chi connectivity index (χ0v) is 19.9. The maximum absolute atomic E-state index is 7.40. The molecule has 30 heavy (non-hydrogen) atoms. The van der Waals surface area contributed by atoms with Crippen LogP contribution >= 0.6 is 11.6 Å². The minimum absolute atomic E-state index is 0.796. The van der Waals surface area contributed by atoms with E-state index in [9.17, 15) is 0 Å². The molecular weight excluding hydrogens is 408 g/mol. The number of alkyl halides is 1. The van der Waals surface area contributed by atoms with Crippen LogP contribution in [0.15, 0.2) is 72.8 Å². The quantitative estimate of drug-likeness (QED) is 0.198. The molecule has 0 fully saturated rings. The Labute approximate surface area is 185 Å². The Morgan fingerprint density at radius 2 is 1.03 bits per heavy atom. The summed E-state index contributed by atoms with van der Waals surface area (Å²) < 4.78 is 10.6. The molecule has 0 heterocycles. The zero-order chi connectivity index (χ0) is 21.8. The third kappa shape index (κ3) is 4.90. The molecule has 0 saturated heterocycles. The lowest BCUT2D eigenvalue weighted by atomic mass is 9.84. The SMILES string of the molecule is COc1ccc(C(Cl)(c2ccc(C#C[Si](C)(C)C)cc2)c2ccc(OC)cc2)cc1. The molecule has 0 bridgehead atoms. The van der Waals surface area contributed by atoms with Gasteiger partial charge in [-0.15, -0.1) is 17.1 Å². The van der Waals surface area contributed by atoms with Gasteiger partial charge in [-0.1, -0.05) is 62.0 Å². The topological polar surface area (TPSA) is 18.5 Å². The molecule has 2 nitrogen and oxygen atoms in total. The molecule has 4 heteroatoms. The fraction of sp³-hybridized carbons (Fsp3) is 0.231. The van der Waals surface area contributed by atoms with Gasteiger partial charge in [-0.3, -0.25) is 0 Å². The number of ether oxygens (including phenoxy) is 2. The van der Waals surface area contributed by atoms with E-state index >= 15 is 0 Å². The summed E-state index contributed by atoms with van der Waals surface area (Å²) in [5, 5.41) is 0. The summed E-state index contributed by atoms with van der Waals surface area (Å²) in [5.74, 6) is 4.90. The van der Waals surface area contributed by atoms with Crippen LogP contribution in [0.25, 0.3) is 0 Å². The van der Waals surface area contributed by atoms with Crippen molar-refractivity contribution in [2.45, 2.75) is 24.5 Å². The Morgan fingerprint density at radius 1 is 0.667 bits per heavy atom. The van der Waals surface area contributed by atoms with Crippen LogP contribution in [-0.2, 0) is 4.87 Å². The lowest BCUT2D eigenvalue weighted by Crippen LogP contribution is -2.22. The first-order valence-corrected chi connectivity index (χ1v) is 13.8. The van der Waals surface area contributed by atoms with Crippen LogP contribution in [0.5, 0.6) is 11.5 Å². The molecule has 0 aliphatic heterocycles. The van der Waals surface area contributed by atoms with Crippen molar-refractivity contribution in [3.8, 4) is 23.0 Å². The molecule has 3 aromatic carbocycles. The van der Waals surface area contributed by atoms with Crippen molar-refractivity contribution < 1.29 is 9.47 Å². The third-order valence-electron chi connectivity index (χ3n) is 4.84. The second-order valence-electron chi connectivity index (χ2n) is 8.19. The molecule has 154 valence electrons. The van der Waals surface area contributed by atoms with E-state index in [4.69, 9.17) is 21.1 Å². The minimum atomic E-state index is -1.42. The fourth-order valence-corrected chi connectivity index (χ4v) is 4.08. The lowest BCUT2D eigenvalue weighted by molar-refractivity contribution is 0.414. The molecule has 0 aromatic heterocycles. The van der Waals surface area contributed by atoms with Crippen LogP contribution in [-0.4, -0.2) is 22.3 Å². The van der Waals surface area contributed by atoms with Crippen LogP contribution in [0.4, 0.5) is 0 Å². The number of methoxy groups -OCH3 is 2. The summed E-state index contributed by atoms with van der Waals surface area (Å²) in [5.41, 5.74) is 7.34. The summed E-state index contributed by atoms with van der Waals surface area (Å²) in [4.78, 5) is -0.844. The van der Waals surface area contributed by atoms with Gasteiger partial charge >= 0.3 is 0 Å². The van der Waals surface area contributed by atoms with Crippen molar-refractivity contribution in [1.82, 2.24) is 0 Å². The first kappa shape index (κ1) is 22.0. The monoisotopic (exact) mass is 434 g/mol. The number of halogens is 1. The van der Waals surface area contributed by atoms with E-state index in [1.165, 1.54) is 0 Å². The van der Waals surface area contributed by atoms with Crippen LogP contribution in [0.2, 0.25) is 19.6 Å². The lowest BCUT2D eigenvalue weighted by Gasteiger charge is -2.29. The van der Waals surface area contributed by atoms with Gasteiger partial charge in [0.05, 0.1) is 14.2 Å². The highest BCUT2D eigenvalue weighted by molar-refractivity contribution is 6.83. The van der Waals surface area contributed by atoms with Crippen molar-refractivity contribution >= 4 is 19.7 Å². The van der Waals surface area contributed by atoms with Gasteiger partial charge in [0.25, 0.3) is 0 Å². The minimum Gasteiger partial charge on any atom is -0.497 e. The van der Waals surface area contributed by atoms with E-state index in [1.807, 2.05) is 60.7 Å². The van der Waals surface area contributed by atoms with Crippen molar-refractivity contribution in [3.05, 3.63) is 95.1 Å². The molecule has 0 amide bonds. The number of rotatable bonds is 5. The van der Waals surface area contributed by atoms with Gasteiger partial charge in [0, 0.05) is 5.56 Å². The maximum Gasteiger partial charge on any atom is 0.129 e. The van der Waals surface area contributed by atoms with E-state index in [0.717, 1.165) is 33.8 Å². The molecule has 0 aliphatic carbocycles. The molecule has 0 aliphatic rings. The van der Waals surface area contributed by atoms with Crippen molar-refractivity contribution in [3.63, 3.8) is 0 Å². The Morgan fingerprint density at radius 3 is 1.37 bits per heavy atom. The van der Waals surface area contributed by atoms with E-state index in [2.05, 4.69) is 43.2 Å². The van der Waals surface area contributed by atoms with E-state index in [0.29, 0.717) is 0 Å². The Balaban J connectivity index is 2.09. The molecular formula is C26H27ClO2Si. The van der Waals surface area contributed by atoms with Crippen LogP contribution in [0.3, 0.4) is 0 Å². The second kappa shape index (κ2) is 9.00. The maximum atomic E-state index is 7.40. The number of hydrogen-bond donors (Lipinski definition) is 0. The fourth-order valence-electron chi connectivity index (χ4n) is 3.18. The number of hydrogen-bond acceptors (Lipinski definition) is 2. The highest BCUT2D eigenvalue weighted by Gasteiger charge is 2.34. The predicted octanol–water partition coefficient (Wildman–Crippen LogP) is 6.46. The Bertz CT molecular complexity index is 990. The van der Waals surface area contributed by atoms with Crippen LogP contribution in [0.1, 0.15) is 22.3 Å². The molecule has 0 spiro atoms. The Kier molecular flexibility index (Phi) is 6.60. The zero-order valence-electron chi connectivity index (χ0n) is 18.1. The van der Waals surface area contributed by atoms with Gasteiger partial charge in [-0.05, 0) is 53.1 Å². The van der Waals surface area contributed by atoms with Gasteiger partial charge in [0.1, 0.15) is 24.4 Å². The summed E-state index contributed by atoms with van der Waals surface area (Å²) in [7, 11) is 1.89. The first-order chi connectivity index (χ1) is 14.3. The van der Waals surface area contributed by atoms with Crippen molar-refractivity contribution in [2.75, 3.05) is 14.2 Å². The van der Waals surface area contributed by atoms with E-state index in [-0.39, 0.29) is 0 Å². The number of benzene rings is 3. The first-order valence-electron chi connectivity index (χ1n) is 9.88. The molecule has 0 saturated carbocycles. The molecule has 3 aromatic rings. The molecule has 3 rings (SSSR count). The summed E-state index contributed by atoms with van der Waals surface area (Å²) >= 11 is 7.40. The van der Waals surface area contributed by atoms with Gasteiger partial charge in [0.2, 0.25) is 0 Å². The third-order valence-corrected chi connectivity index (χ3v) is 6.37. The average molecular weight is 435 g/mol. The van der Waals surface area contributed by atoms with Gasteiger partial charge in [-0.25, -0.2) is 0 Å². The van der Waals surface area contributed by atoms with E-state index in [1.54, 1.807) is 14.2 Å². The molecule has 0 N–H and O–H groups in total. The molecule has 0 radical (unpaired) electrons. The van der Waals surface area contributed by atoms with Crippen LogP contribution in [0, 0.1) is 11.5 Å². The normalized spacial score (nSPS) is 11.4. The summed E-state index contributed by atoms with van der Waals surface area (Å²) in [6, 6.07) is 24.0. The second-order valence-corrected chi connectivity index (χ2v) is 13.5. The van der Waals surface area contributed by atoms with Crippen molar-refractivity contribution in [1.29, 1.82) is 0 Å². The van der Waals surface area contributed by atoms with Gasteiger partial charge in [-0.2, -0.15) is 0 Å². The smallest absolute Gasteiger partial charge is 0.129 e. The standard InChI is InChI=1S/C26H27ClO2Si/c1-28-24-14-10-22(11-15-24)26(27,23-12-16-25(29-2)17-13-23)21-8-6-20(7-9-21)18-19-30(3,4)5/h6-17H,1-5H3.